The lowest BCUT2D eigenvalue weighted by Crippen LogP contribution is -2.32. The maximum Gasteiger partial charge on any atom is 0.0790 e. The Bertz CT molecular complexity index is 1270. The van der Waals surface area contributed by atoms with Crippen molar-refractivity contribution in [1.29, 1.82) is 0 Å². The molecule has 0 aliphatic heterocycles. The first-order chi connectivity index (χ1) is 16.0. The number of nitrogens with zero attached hydrogens (tertiary/aromatic N) is 1. The maximum absolute atomic E-state index is 6.40. The van der Waals surface area contributed by atoms with Crippen molar-refractivity contribution in [2.24, 2.45) is 0 Å². The Morgan fingerprint density at radius 1 is 1.06 bits per heavy atom. The number of thiol groups is 1. The maximum atomic E-state index is 6.40. The molecule has 0 radical (unpaired) electrons. The fourth-order valence-corrected chi connectivity index (χ4v) is 4.17. The van der Waals surface area contributed by atoms with Crippen molar-refractivity contribution in [2.45, 2.75) is 44.9 Å². The molecule has 4 nitrogen and oxygen atoms in total. The third kappa shape index (κ3) is 6.11. The van der Waals surface area contributed by atoms with E-state index in [1.54, 1.807) is 0 Å². The smallest absolute Gasteiger partial charge is 0.0790 e. The van der Waals surface area contributed by atoms with Crippen LogP contribution < -0.4 is 27.0 Å². The molecule has 33 heavy (non-hydrogen) atoms. The normalized spacial score (nSPS) is 11.7. The second-order valence-electron chi connectivity index (χ2n) is 7.99. The summed E-state index contributed by atoms with van der Waals surface area (Å²) in [4.78, 5) is 5.62. The molecular weight excluding hydrogens is 444 g/mol. The predicted molar refractivity (Wildman–Crippen MR) is 150 cm³/mol. The molecule has 1 aliphatic rings. The Kier molecular flexibility index (Phi) is 8.84. The summed E-state index contributed by atoms with van der Waals surface area (Å²) in [6, 6.07) is 12.4. The van der Waals surface area contributed by atoms with Gasteiger partial charge in [0, 0.05) is 15.7 Å². The van der Waals surface area contributed by atoms with Gasteiger partial charge in [0.15, 0.2) is 0 Å². The minimum Gasteiger partial charge on any atom is -0.397 e. The highest BCUT2D eigenvalue weighted by atomic mass is 32.1. The number of nitrogens with one attached hydrogen (secondary N) is 2. The van der Waals surface area contributed by atoms with Crippen molar-refractivity contribution in [3.05, 3.63) is 64.2 Å². The van der Waals surface area contributed by atoms with E-state index >= 15 is 0 Å². The van der Waals surface area contributed by atoms with E-state index in [9.17, 15) is 0 Å². The van der Waals surface area contributed by atoms with Crippen LogP contribution in [0.25, 0.3) is 23.4 Å². The zero-order valence-electron chi connectivity index (χ0n) is 19.5. The number of anilines is 3. The van der Waals surface area contributed by atoms with E-state index < -0.39 is 0 Å². The number of rotatable bonds is 5. The highest BCUT2D eigenvalue weighted by molar-refractivity contribution is 7.88. The van der Waals surface area contributed by atoms with Crippen molar-refractivity contribution >= 4 is 53.0 Å². The van der Waals surface area contributed by atoms with Gasteiger partial charge in [0.1, 0.15) is 0 Å². The molecular formula is C27H32N4S2. The second-order valence-corrected chi connectivity index (χ2v) is 9.11. The molecule has 2 aromatic carbocycles. The van der Waals surface area contributed by atoms with Gasteiger partial charge < -0.3 is 5.73 Å². The summed E-state index contributed by atoms with van der Waals surface area (Å²) in [6.07, 6.45) is 9.39. The number of aromatic nitrogens is 1. The molecule has 0 spiro atoms. The van der Waals surface area contributed by atoms with Gasteiger partial charge in [0.2, 0.25) is 0 Å². The number of fused-ring (bicyclic) bond motifs is 1. The fraction of sp³-hybridized carbons (Fsp3) is 0.259. The van der Waals surface area contributed by atoms with Crippen LogP contribution in [0.4, 0.5) is 17.1 Å². The van der Waals surface area contributed by atoms with Gasteiger partial charge in [-0.15, -0.1) is 16.9 Å². The first-order valence-corrected chi connectivity index (χ1v) is 12.7. The van der Waals surface area contributed by atoms with Crippen LogP contribution in [0.3, 0.4) is 0 Å². The molecule has 6 heteroatoms. The number of nitrogen functional groups attached to an aromatic ring is 1. The van der Waals surface area contributed by atoms with Gasteiger partial charge in [-0.25, -0.2) is 0 Å². The summed E-state index contributed by atoms with van der Waals surface area (Å²) < 4.78 is 0. The third-order valence-electron chi connectivity index (χ3n) is 5.39. The van der Waals surface area contributed by atoms with Gasteiger partial charge >= 0.3 is 0 Å². The topological polar surface area (TPSA) is 63.0 Å². The van der Waals surface area contributed by atoms with Gasteiger partial charge in [-0.2, -0.15) is 12.6 Å². The lowest BCUT2D eigenvalue weighted by Gasteiger charge is -2.15. The number of aryl methyl sites for hydroxylation is 2. The summed E-state index contributed by atoms with van der Waals surface area (Å²) in [5, 5.41) is 2.19. The summed E-state index contributed by atoms with van der Waals surface area (Å²) in [5.41, 5.74) is 25.6. The van der Waals surface area contributed by atoms with E-state index in [2.05, 4.69) is 79.6 Å². The molecule has 4 rings (SSSR count). The average molecular weight is 477 g/mol. The van der Waals surface area contributed by atoms with Crippen LogP contribution in [0, 0.1) is 19.5 Å². The number of pyridine rings is 1. The molecule has 3 aromatic rings. The van der Waals surface area contributed by atoms with Crippen molar-refractivity contribution in [2.75, 3.05) is 22.3 Å². The first-order valence-electron chi connectivity index (χ1n) is 11.1. The second kappa shape index (κ2) is 11.8. The Balaban J connectivity index is 0.000000709. The number of benzene rings is 2. The molecule has 0 saturated carbocycles. The highest BCUT2D eigenvalue weighted by Gasteiger charge is 2.09. The van der Waals surface area contributed by atoms with Crippen molar-refractivity contribution in [3.8, 4) is 16.9 Å². The largest absolute Gasteiger partial charge is 0.397 e. The molecule has 0 bridgehead atoms. The Morgan fingerprint density at radius 2 is 1.79 bits per heavy atom. The van der Waals surface area contributed by atoms with Crippen LogP contribution in [-0.2, 0) is 0 Å². The van der Waals surface area contributed by atoms with Crippen LogP contribution in [0.1, 0.15) is 37.3 Å². The minimum absolute atomic E-state index is 0.723. The van der Waals surface area contributed by atoms with E-state index in [0.29, 0.717) is 0 Å². The molecule has 0 atom stereocenters. The van der Waals surface area contributed by atoms with Gasteiger partial charge in [0.25, 0.3) is 0 Å². The first kappa shape index (κ1) is 24.7. The molecule has 1 aliphatic carbocycles. The van der Waals surface area contributed by atoms with E-state index in [4.69, 9.17) is 11.4 Å². The molecule has 0 fully saturated rings. The van der Waals surface area contributed by atoms with Crippen molar-refractivity contribution in [3.63, 3.8) is 0 Å². The Morgan fingerprint density at radius 3 is 2.39 bits per heavy atom. The average Bonchev–Trinajstić information content (AvgIpc) is 2.84. The standard InChI is InChI=1S/C24H24N4S.C3H8S/c1-15-8-10-18(16(2)12-15)21-11-9-17(14-26-21)27-28-22-13-23(29-3)19-6-4-5-7-20(19)24(22)25;1-2-3-4/h3,6-14,27-28H,4-5,25H2,1-2H3;4H,2-3H2,1H3. The fourth-order valence-electron chi connectivity index (χ4n) is 3.66. The third-order valence-corrected chi connectivity index (χ3v) is 6.43. The summed E-state index contributed by atoms with van der Waals surface area (Å²) in [5.74, 6) is 1.01. The zero-order valence-corrected chi connectivity index (χ0v) is 21.2. The van der Waals surface area contributed by atoms with Crippen LogP contribution in [-0.4, -0.2) is 10.7 Å². The van der Waals surface area contributed by atoms with Gasteiger partial charge in [-0.3, -0.25) is 15.8 Å². The van der Waals surface area contributed by atoms with Gasteiger partial charge in [0.05, 0.1) is 29.0 Å². The summed E-state index contributed by atoms with van der Waals surface area (Å²) >= 11 is 5.16. The van der Waals surface area contributed by atoms with Crippen LogP contribution in [0.5, 0.6) is 0 Å². The molecule has 0 saturated heterocycles. The lowest BCUT2D eigenvalue weighted by atomic mass is 10.0. The van der Waals surface area contributed by atoms with E-state index in [1.165, 1.54) is 28.7 Å². The van der Waals surface area contributed by atoms with Crippen LogP contribution in [0.2, 0.25) is 0 Å². The van der Waals surface area contributed by atoms with E-state index in [0.717, 1.165) is 62.2 Å². The summed E-state index contributed by atoms with van der Waals surface area (Å²) in [6.45, 7) is 6.31. The number of hydrogen-bond donors (Lipinski definition) is 4. The Labute approximate surface area is 206 Å². The Hall–Kier alpha value is -2.92. The molecule has 172 valence electrons. The zero-order chi connectivity index (χ0) is 23.8. The number of nitrogens with two attached hydrogens (primary N) is 1. The molecule has 0 unspecified atom stereocenters. The number of hydrazine groups is 1. The van der Waals surface area contributed by atoms with E-state index in [1.807, 2.05) is 24.4 Å². The molecule has 0 amide bonds. The monoisotopic (exact) mass is 476 g/mol. The highest BCUT2D eigenvalue weighted by Crippen LogP contribution is 2.24. The predicted octanol–water partition coefficient (Wildman–Crippen LogP) is 5.75. The molecule has 4 N–H and O–H groups in total. The van der Waals surface area contributed by atoms with E-state index in [-0.39, 0.29) is 0 Å². The van der Waals surface area contributed by atoms with Crippen molar-refractivity contribution < 1.29 is 0 Å². The van der Waals surface area contributed by atoms with Gasteiger partial charge in [-0.1, -0.05) is 42.8 Å². The summed E-state index contributed by atoms with van der Waals surface area (Å²) in [7, 11) is 0. The van der Waals surface area contributed by atoms with Gasteiger partial charge in [-0.05, 0) is 67.8 Å². The quantitative estimate of drug-likeness (QED) is 0.215. The van der Waals surface area contributed by atoms with Crippen LogP contribution in [0.15, 0.2) is 47.5 Å². The lowest BCUT2D eigenvalue weighted by molar-refractivity contribution is 1.10. The van der Waals surface area contributed by atoms with Crippen molar-refractivity contribution in [1.82, 2.24) is 4.98 Å². The molecule has 1 heterocycles. The van der Waals surface area contributed by atoms with Crippen LogP contribution >= 0.6 is 23.8 Å². The number of hydrogen-bond acceptors (Lipinski definition) is 5. The molecule has 1 aromatic heterocycles. The minimum atomic E-state index is 0.723. The SMILES string of the molecule is C#Sc1cc(NNc2ccc(-c3ccc(C)cc3C)nc2)c(N)c2c1=CCCC=2.CCCS.